The van der Waals surface area contributed by atoms with Gasteiger partial charge in [-0.05, 0) is 47.5 Å². The van der Waals surface area contributed by atoms with Gasteiger partial charge in [0.25, 0.3) is 0 Å². The second kappa shape index (κ2) is 4.51. The molecule has 0 amide bonds. The quantitative estimate of drug-likeness (QED) is 0.848. The number of halogens is 4. The summed E-state index contributed by atoms with van der Waals surface area (Å²) in [6, 6.07) is 2.46. The van der Waals surface area contributed by atoms with Gasteiger partial charge in [0.2, 0.25) is 0 Å². The largest absolute Gasteiger partial charge is 0.433 e. The Morgan fingerprint density at radius 3 is 2.70 bits per heavy atom. The lowest BCUT2D eigenvalue weighted by Crippen LogP contribution is -2.14. The first-order valence-corrected chi connectivity index (χ1v) is 6.88. The highest BCUT2D eigenvalue weighted by atomic mass is 79.9. The standard InChI is InChI=1S/C13H11BrF3N3/c1-7-11(14)8-4-5-9(13(15,16)17)19-12(8)20(7)10-3-2-6-18-10/h3-5,18H,2,6H2,1H3. The minimum atomic E-state index is -4.44. The molecule has 0 aromatic carbocycles. The number of rotatable bonds is 1. The Balaban J connectivity index is 2.30. The Hall–Kier alpha value is -1.50. The van der Waals surface area contributed by atoms with E-state index >= 15 is 0 Å². The van der Waals surface area contributed by atoms with Crippen LogP contribution in [0.15, 0.2) is 22.7 Å². The summed E-state index contributed by atoms with van der Waals surface area (Å²) < 4.78 is 40.9. The lowest BCUT2D eigenvalue weighted by atomic mass is 10.3. The normalized spacial score (nSPS) is 15.6. The number of pyridine rings is 1. The molecule has 0 atom stereocenters. The fraction of sp³-hybridized carbons (Fsp3) is 0.308. The van der Waals surface area contributed by atoms with Crippen molar-refractivity contribution >= 4 is 32.8 Å². The van der Waals surface area contributed by atoms with Gasteiger partial charge in [0.15, 0.2) is 0 Å². The van der Waals surface area contributed by atoms with E-state index in [4.69, 9.17) is 0 Å². The van der Waals surface area contributed by atoms with E-state index in [1.54, 1.807) is 4.57 Å². The Bertz CT molecular complexity index is 716. The molecule has 3 rings (SSSR count). The SMILES string of the molecule is Cc1c(Br)c2ccc(C(F)(F)F)nc2n1C1=CCCN1. The molecule has 0 saturated heterocycles. The van der Waals surface area contributed by atoms with Gasteiger partial charge in [0.05, 0.1) is 0 Å². The van der Waals surface area contributed by atoms with Crippen LogP contribution in [0.4, 0.5) is 13.2 Å². The average molecular weight is 346 g/mol. The second-order valence-electron chi connectivity index (χ2n) is 4.61. The fourth-order valence-electron chi connectivity index (χ4n) is 2.35. The van der Waals surface area contributed by atoms with Crippen molar-refractivity contribution in [3.63, 3.8) is 0 Å². The number of fused-ring (bicyclic) bond motifs is 1. The molecule has 0 saturated carbocycles. The molecule has 7 heteroatoms. The minimum absolute atomic E-state index is 0.310. The summed E-state index contributed by atoms with van der Waals surface area (Å²) in [4.78, 5) is 3.80. The molecule has 106 valence electrons. The van der Waals surface area contributed by atoms with Gasteiger partial charge in [-0.15, -0.1) is 0 Å². The van der Waals surface area contributed by atoms with E-state index < -0.39 is 11.9 Å². The van der Waals surface area contributed by atoms with Crippen molar-refractivity contribution < 1.29 is 13.2 Å². The molecule has 1 aliphatic heterocycles. The van der Waals surface area contributed by atoms with Crippen molar-refractivity contribution in [2.24, 2.45) is 0 Å². The maximum absolute atomic E-state index is 12.8. The maximum atomic E-state index is 12.8. The molecule has 3 heterocycles. The molecule has 0 aliphatic carbocycles. The van der Waals surface area contributed by atoms with Crippen LogP contribution in [0.25, 0.3) is 16.9 Å². The summed E-state index contributed by atoms with van der Waals surface area (Å²) in [7, 11) is 0. The lowest BCUT2D eigenvalue weighted by molar-refractivity contribution is -0.141. The summed E-state index contributed by atoms with van der Waals surface area (Å²) in [6.45, 7) is 2.63. The molecule has 0 spiro atoms. The van der Waals surface area contributed by atoms with Crippen molar-refractivity contribution in [1.82, 2.24) is 14.9 Å². The van der Waals surface area contributed by atoms with E-state index in [-0.39, 0.29) is 0 Å². The third-order valence-corrected chi connectivity index (χ3v) is 4.30. The van der Waals surface area contributed by atoms with E-state index in [0.717, 1.165) is 35.0 Å². The van der Waals surface area contributed by atoms with E-state index in [1.807, 2.05) is 13.0 Å². The van der Waals surface area contributed by atoms with Gasteiger partial charge in [0.1, 0.15) is 17.2 Å². The molecular weight excluding hydrogens is 335 g/mol. The third kappa shape index (κ3) is 2.00. The van der Waals surface area contributed by atoms with Crippen LogP contribution in [0.2, 0.25) is 0 Å². The van der Waals surface area contributed by atoms with Gasteiger partial charge in [-0.3, -0.25) is 4.57 Å². The zero-order chi connectivity index (χ0) is 14.5. The molecule has 1 N–H and O–H groups in total. The Morgan fingerprint density at radius 2 is 2.10 bits per heavy atom. The minimum Gasteiger partial charge on any atom is -0.371 e. The molecule has 0 radical (unpaired) electrons. The van der Waals surface area contributed by atoms with Gasteiger partial charge in [-0.25, -0.2) is 4.98 Å². The second-order valence-corrected chi connectivity index (χ2v) is 5.40. The van der Waals surface area contributed by atoms with Crippen LogP contribution in [0.3, 0.4) is 0 Å². The van der Waals surface area contributed by atoms with E-state index in [2.05, 4.69) is 26.2 Å². The van der Waals surface area contributed by atoms with E-state index in [0.29, 0.717) is 11.0 Å². The van der Waals surface area contributed by atoms with Crippen LogP contribution in [0.5, 0.6) is 0 Å². The molecule has 3 nitrogen and oxygen atoms in total. The molecule has 2 aromatic rings. The van der Waals surface area contributed by atoms with E-state index in [1.165, 1.54) is 6.07 Å². The molecule has 0 fully saturated rings. The van der Waals surface area contributed by atoms with Gasteiger partial charge >= 0.3 is 6.18 Å². The lowest BCUT2D eigenvalue weighted by Gasteiger charge is -2.11. The molecular formula is C13H11BrF3N3. The number of nitrogens with zero attached hydrogens (tertiary/aromatic N) is 2. The summed E-state index contributed by atoms with van der Waals surface area (Å²) in [5.41, 5.74) is 0.257. The Morgan fingerprint density at radius 1 is 1.35 bits per heavy atom. The number of hydrogen-bond acceptors (Lipinski definition) is 2. The van der Waals surface area contributed by atoms with Crippen LogP contribution in [0, 0.1) is 6.92 Å². The zero-order valence-corrected chi connectivity index (χ0v) is 12.1. The number of alkyl halides is 3. The summed E-state index contributed by atoms with van der Waals surface area (Å²) in [5.74, 6) is 0.782. The zero-order valence-electron chi connectivity index (χ0n) is 10.6. The summed E-state index contributed by atoms with van der Waals surface area (Å²) in [5, 5.41) is 3.83. The Labute approximate surface area is 121 Å². The number of hydrogen-bond donors (Lipinski definition) is 1. The number of aromatic nitrogens is 2. The predicted molar refractivity (Wildman–Crippen MR) is 74.1 cm³/mol. The van der Waals surface area contributed by atoms with Crippen LogP contribution in [-0.2, 0) is 6.18 Å². The first kappa shape index (κ1) is 13.5. The van der Waals surface area contributed by atoms with Crippen molar-refractivity contribution in [2.75, 3.05) is 6.54 Å². The van der Waals surface area contributed by atoms with Gasteiger partial charge in [-0.1, -0.05) is 0 Å². The maximum Gasteiger partial charge on any atom is 0.433 e. The van der Waals surface area contributed by atoms with Gasteiger partial charge < -0.3 is 5.32 Å². The highest BCUT2D eigenvalue weighted by Gasteiger charge is 2.33. The smallest absolute Gasteiger partial charge is 0.371 e. The van der Waals surface area contributed by atoms with Crippen molar-refractivity contribution in [3.8, 4) is 0 Å². The van der Waals surface area contributed by atoms with Gasteiger partial charge in [-0.2, -0.15) is 13.2 Å². The molecule has 20 heavy (non-hydrogen) atoms. The third-order valence-electron chi connectivity index (χ3n) is 3.30. The van der Waals surface area contributed by atoms with E-state index in [9.17, 15) is 13.2 Å². The molecule has 0 bridgehead atoms. The van der Waals surface area contributed by atoms with Crippen LogP contribution in [0.1, 0.15) is 17.8 Å². The number of nitrogens with one attached hydrogen (secondary N) is 1. The predicted octanol–water partition coefficient (Wildman–Crippen LogP) is 3.92. The van der Waals surface area contributed by atoms with Crippen LogP contribution >= 0.6 is 15.9 Å². The van der Waals surface area contributed by atoms with Gasteiger partial charge in [0, 0.05) is 22.1 Å². The average Bonchev–Trinajstić information content (AvgIpc) is 2.97. The van der Waals surface area contributed by atoms with Crippen LogP contribution in [-0.4, -0.2) is 16.1 Å². The van der Waals surface area contributed by atoms with Crippen LogP contribution < -0.4 is 5.32 Å². The topological polar surface area (TPSA) is 29.9 Å². The molecule has 0 unspecified atom stereocenters. The highest BCUT2D eigenvalue weighted by Crippen LogP contribution is 2.35. The molecule has 2 aromatic heterocycles. The first-order valence-electron chi connectivity index (χ1n) is 6.09. The molecule has 1 aliphatic rings. The monoisotopic (exact) mass is 345 g/mol. The fourth-order valence-corrected chi connectivity index (χ4v) is 2.83. The highest BCUT2D eigenvalue weighted by molar-refractivity contribution is 9.10. The first-order chi connectivity index (χ1) is 9.39. The van der Waals surface area contributed by atoms with Crippen molar-refractivity contribution in [3.05, 3.63) is 34.1 Å². The van der Waals surface area contributed by atoms with Crippen molar-refractivity contribution in [2.45, 2.75) is 19.5 Å². The Kier molecular flexibility index (Phi) is 3.04. The van der Waals surface area contributed by atoms with Crippen molar-refractivity contribution in [1.29, 1.82) is 0 Å². The summed E-state index contributed by atoms with van der Waals surface area (Å²) in [6.07, 6.45) is -1.63. The summed E-state index contributed by atoms with van der Waals surface area (Å²) >= 11 is 3.43.